The minimum atomic E-state index is -0.882. The lowest BCUT2D eigenvalue weighted by molar-refractivity contribution is -0.141. The number of anilines is 1. The fourth-order valence-electron chi connectivity index (χ4n) is 1.88. The molecule has 0 spiro atoms. The highest BCUT2D eigenvalue weighted by Crippen LogP contribution is 2.18. The fourth-order valence-corrected chi connectivity index (χ4v) is 1.88. The molecule has 1 aliphatic rings. The number of benzene rings is 1. The molecule has 0 radical (unpaired) electrons. The van der Waals surface area contributed by atoms with Gasteiger partial charge < -0.3 is 15.3 Å². The van der Waals surface area contributed by atoms with Crippen LogP contribution in [-0.2, 0) is 4.79 Å². The van der Waals surface area contributed by atoms with Gasteiger partial charge in [-0.1, -0.05) is 0 Å². The molecule has 2 amide bonds. The van der Waals surface area contributed by atoms with E-state index in [0.717, 1.165) is 0 Å². The number of carboxylic acid groups (broad SMARTS) is 1. The summed E-state index contributed by atoms with van der Waals surface area (Å²) in [6.07, 6.45) is 0.464. The number of amides is 2. The molecule has 19 heavy (non-hydrogen) atoms. The van der Waals surface area contributed by atoms with Gasteiger partial charge in [0.15, 0.2) is 0 Å². The molecule has 1 atom stereocenters. The lowest BCUT2D eigenvalue weighted by Gasteiger charge is -2.16. The smallest absolute Gasteiger partial charge is 0.321 e. The lowest BCUT2D eigenvalue weighted by atomic mass is 10.1. The van der Waals surface area contributed by atoms with Gasteiger partial charge in [-0.05, 0) is 30.7 Å². The standard InChI is InChI=1S/C12H13FN2O3.ClH/c13-9-1-3-10(4-2-9)14-12(18)15-6-5-8(7-15)11(16)17;/h1-4,8H,5-7H2,(H,14,18)(H,16,17);1H. The SMILES string of the molecule is Cl.O=C(O)C1CCN(C(=O)Nc2ccc(F)cc2)C1. The van der Waals surface area contributed by atoms with Gasteiger partial charge in [0.1, 0.15) is 5.82 Å². The first-order chi connectivity index (χ1) is 8.56. The normalized spacial score (nSPS) is 17.7. The van der Waals surface area contributed by atoms with Crippen molar-refractivity contribution in [3.8, 4) is 0 Å². The maximum absolute atomic E-state index is 12.7. The molecule has 1 saturated heterocycles. The molecule has 1 unspecified atom stereocenters. The molecule has 2 rings (SSSR count). The Bertz CT molecular complexity index is 467. The van der Waals surface area contributed by atoms with Gasteiger partial charge in [0.2, 0.25) is 0 Å². The van der Waals surface area contributed by atoms with Crippen LogP contribution in [0.1, 0.15) is 6.42 Å². The van der Waals surface area contributed by atoms with Crippen LogP contribution in [0.4, 0.5) is 14.9 Å². The molecule has 2 N–H and O–H groups in total. The summed E-state index contributed by atoms with van der Waals surface area (Å²) in [7, 11) is 0. The highest BCUT2D eigenvalue weighted by molar-refractivity contribution is 5.90. The number of hydrogen-bond acceptors (Lipinski definition) is 2. The Morgan fingerprint density at radius 2 is 1.95 bits per heavy atom. The van der Waals surface area contributed by atoms with Crippen molar-refractivity contribution in [2.75, 3.05) is 18.4 Å². The Morgan fingerprint density at radius 3 is 2.47 bits per heavy atom. The molecule has 0 bridgehead atoms. The van der Waals surface area contributed by atoms with Crippen molar-refractivity contribution < 1.29 is 19.1 Å². The van der Waals surface area contributed by atoms with Gasteiger partial charge in [-0.25, -0.2) is 9.18 Å². The Kier molecular flexibility index (Phi) is 5.11. The summed E-state index contributed by atoms with van der Waals surface area (Å²) >= 11 is 0. The lowest BCUT2D eigenvalue weighted by Crippen LogP contribution is -2.33. The van der Waals surface area contributed by atoms with Crippen molar-refractivity contribution in [1.82, 2.24) is 4.90 Å². The molecule has 0 saturated carbocycles. The number of nitrogens with zero attached hydrogens (tertiary/aromatic N) is 1. The molecular formula is C12H14ClFN2O3. The number of rotatable bonds is 2. The summed E-state index contributed by atoms with van der Waals surface area (Å²) < 4.78 is 12.7. The third-order valence-corrected chi connectivity index (χ3v) is 2.92. The summed E-state index contributed by atoms with van der Waals surface area (Å²) in [6.45, 7) is 0.631. The molecule has 0 aliphatic carbocycles. The van der Waals surface area contributed by atoms with Crippen LogP contribution in [0.3, 0.4) is 0 Å². The number of urea groups is 1. The van der Waals surface area contributed by atoms with E-state index in [4.69, 9.17) is 5.11 Å². The van der Waals surface area contributed by atoms with Crippen molar-refractivity contribution in [1.29, 1.82) is 0 Å². The molecule has 1 aromatic rings. The number of carboxylic acids is 1. The van der Waals surface area contributed by atoms with Crippen molar-refractivity contribution in [2.45, 2.75) is 6.42 Å². The fraction of sp³-hybridized carbons (Fsp3) is 0.333. The number of nitrogens with one attached hydrogen (secondary N) is 1. The number of carbonyl (C=O) groups is 2. The maximum atomic E-state index is 12.7. The van der Waals surface area contributed by atoms with Crippen LogP contribution in [-0.4, -0.2) is 35.1 Å². The van der Waals surface area contributed by atoms with E-state index < -0.39 is 11.9 Å². The van der Waals surface area contributed by atoms with E-state index in [-0.39, 0.29) is 30.8 Å². The van der Waals surface area contributed by atoms with Gasteiger partial charge in [-0.15, -0.1) is 12.4 Å². The summed E-state index contributed by atoms with van der Waals surface area (Å²) in [5.41, 5.74) is 0.486. The average Bonchev–Trinajstić information content (AvgIpc) is 2.81. The highest BCUT2D eigenvalue weighted by atomic mass is 35.5. The predicted molar refractivity (Wildman–Crippen MR) is 70.0 cm³/mol. The molecular weight excluding hydrogens is 275 g/mol. The van der Waals surface area contributed by atoms with E-state index in [2.05, 4.69) is 5.32 Å². The van der Waals surface area contributed by atoms with Gasteiger partial charge in [0.05, 0.1) is 5.92 Å². The second-order valence-corrected chi connectivity index (χ2v) is 4.21. The monoisotopic (exact) mass is 288 g/mol. The van der Waals surface area contributed by atoms with Crippen molar-refractivity contribution >= 4 is 30.1 Å². The number of hydrogen-bond donors (Lipinski definition) is 2. The van der Waals surface area contributed by atoms with E-state index in [9.17, 15) is 14.0 Å². The van der Waals surface area contributed by atoms with Crippen LogP contribution in [0.5, 0.6) is 0 Å². The molecule has 5 nitrogen and oxygen atoms in total. The van der Waals surface area contributed by atoms with Crippen molar-refractivity contribution in [3.63, 3.8) is 0 Å². The van der Waals surface area contributed by atoms with Gasteiger partial charge >= 0.3 is 12.0 Å². The predicted octanol–water partition coefficient (Wildman–Crippen LogP) is 2.19. The van der Waals surface area contributed by atoms with Gasteiger partial charge in [0.25, 0.3) is 0 Å². The molecule has 1 heterocycles. The highest BCUT2D eigenvalue weighted by Gasteiger charge is 2.30. The summed E-state index contributed by atoms with van der Waals surface area (Å²) in [5.74, 6) is -1.75. The molecule has 7 heteroatoms. The second kappa shape index (κ2) is 6.38. The summed E-state index contributed by atoms with van der Waals surface area (Å²) in [6, 6.07) is 5.06. The zero-order chi connectivity index (χ0) is 13.1. The van der Waals surface area contributed by atoms with Crippen LogP contribution in [0.25, 0.3) is 0 Å². The first-order valence-electron chi connectivity index (χ1n) is 5.60. The van der Waals surface area contributed by atoms with Crippen LogP contribution in [0, 0.1) is 11.7 Å². The average molecular weight is 289 g/mol. The van der Waals surface area contributed by atoms with Gasteiger partial charge in [-0.3, -0.25) is 4.79 Å². The number of likely N-dealkylation sites (tertiary alicyclic amines) is 1. The molecule has 0 aromatic heterocycles. The van der Waals surface area contributed by atoms with Crippen LogP contribution in [0.15, 0.2) is 24.3 Å². The number of carbonyl (C=O) groups excluding carboxylic acids is 1. The first-order valence-corrected chi connectivity index (χ1v) is 5.60. The minimum Gasteiger partial charge on any atom is -0.481 e. The van der Waals surface area contributed by atoms with E-state index in [1.165, 1.54) is 29.2 Å². The Morgan fingerprint density at radius 1 is 1.32 bits per heavy atom. The Balaban J connectivity index is 0.00000180. The van der Waals surface area contributed by atoms with Crippen molar-refractivity contribution in [2.24, 2.45) is 5.92 Å². The van der Waals surface area contributed by atoms with Crippen LogP contribution >= 0.6 is 12.4 Å². The van der Waals surface area contributed by atoms with Crippen LogP contribution in [0.2, 0.25) is 0 Å². The molecule has 1 aromatic carbocycles. The Labute approximate surface area is 115 Å². The molecule has 104 valence electrons. The largest absolute Gasteiger partial charge is 0.481 e. The topological polar surface area (TPSA) is 69.6 Å². The third kappa shape index (κ3) is 3.82. The maximum Gasteiger partial charge on any atom is 0.321 e. The minimum absolute atomic E-state index is 0. The second-order valence-electron chi connectivity index (χ2n) is 4.21. The van der Waals surface area contributed by atoms with E-state index in [1.54, 1.807) is 0 Å². The van der Waals surface area contributed by atoms with E-state index in [0.29, 0.717) is 18.7 Å². The van der Waals surface area contributed by atoms with Gasteiger partial charge in [-0.2, -0.15) is 0 Å². The number of aliphatic carboxylic acids is 1. The van der Waals surface area contributed by atoms with E-state index in [1.807, 2.05) is 0 Å². The first kappa shape index (κ1) is 15.2. The molecule has 1 fully saturated rings. The Hall–Kier alpha value is -1.82. The zero-order valence-corrected chi connectivity index (χ0v) is 10.8. The van der Waals surface area contributed by atoms with Crippen molar-refractivity contribution in [3.05, 3.63) is 30.1 Å². The third-order valence-electron chi connectivity index (χ3n) is 2.92. The quantitative estimate of drug-likeness (QED) is 0.876. The summed E-state index contributed by atoms with van der Waals surface area (Å²) in [4.78, 5) is 24.0. The van der Waals surface area contributed by atoms with E-state index >= 15 is 0 Å². The van der Waals surface area contributed by atoms with Crippen LogP contribution < -0.4 is 5.32 Å². The summed E-state index contributed by atoms with van der Waals surface area (Å²) in [5, 5.41) is 11.4. The zero-order valence-electron chi connectivity index (χ0n) is 10.0. The molecule has 1 aliphatic heterocycles. The number of halogens is 2. The van der Waals surface area contributed by atoms with Gasteiger partial charge in [0, 0.05) is 18.8 Å².